The first-order valence-corrected chi connectivity index (χ1v) is 11.8. The SMILES string of the molecule is Cc1ccc(S(=O)(=O)N2CCC[C@H]2C(=O)OCC(=O)NCC2CCCCC2)cc1. The van der Waals surface area contributed by atoms with Crippen LogP contribution in [0, 0.1) is 12.8 Å². The summed E-state index contributed by atoms with van der Waals surface area (Å²) in [6, 6.07) is 5.67. The van der Waals surface area contributed by atoms with E-state index in [1.807, 2.05) is 6.92 Å². The van der Waals surface area contributed by atoms with E-state index in [1.165, 1.54) is 23.6 Å². The van der Waals surface area contributed by atoms with Crippen molar-refractivity contribution in [1.29, 1.82) is 0 Å². The van der Waals surface area contributed by atoms with Crippen molar-refractivity contribution in [1.82, 2.24) is 9.62 Å². The zero-order chi connectivity index (χ0) is 20.9. The third kappa shape index (κ3) is 5.57. The van der Waals surface area contributed by atoms with Crippen molar-refractivity contribution < 1.29 is 22.7 Å². The third-order valence-electron chi connectivity index (χ3n) is 5.76. The number of carbonyl (C=O) groups excluding carboxylic acids is 2. The second kappa shape index (κ2) is 9.71. The number of amides is 1. The van der Waals surface area contributed by atoms with Crippen molar-refractivity contribution in [2.45, 2.75) is 62.8 Å². The van der Waals surface area contributed by atoms with E-state index in [2.05, 4.69) is 5.32 Å². The molecule has 1 heterocycles. The highest BCUT2D eigenvalue weighted by atomic mass is 32.2. The molecule has 160 valence electrons. The van der Waals surface area contributed by atoms with Crippen LogP contribution in [0.4, 0.5) is 0 Å². The van der Waals surface area contributed by atoms with Crippen LogP contribution in [0.25, 0.3) is 0 Å². The number of benzene rings is 1. The van der Waals surface area contributed by atoms with E-state index in [9.17, 15) is 18.0 Å². The predicted octanol–water partition coefficient (Wildman–Crippen LogP) is 2.39. The molecule has 1 N–H and O–H groups in total. The van der Waals surface area contributed by atoms with E-state index in [4.69, 9.17) is 4.74 Å². The molecule has 0 spiro atoms. The Hall–Kier alpha value is -1.93. The number of ether oxygens (including phenoxy) is 1. The molecule has 1 saturated heterocycles. The normalized spacial score (nSPS) is 21.1. The topological polar surface area (TPSA) is 92.8 Å². The van der Waals surface area contributed by atoms with Crippen LogP contribution in [0.5, 0.6) is 0 Å². The molecule has 1 saturated carbocycles. The second-order valence-corrected chi connectivity index (χ2v) is 9.89. The Kier molecular flexibility index (Phi) is 7.29. The van der Waals surface area contributed by atoms with Crippen molar-refractivity contribution in [3.63, 3.8) is 0 Å². The fourth-order valence-corrected chi connectivity index (χ4v) is 5.69. The summed E-state index contributed by atoms with van der Waals surface area (Å²) in [6.45, 7) is 2.38. The molecule has 1 atom stereocenters. The van der Waals surface area contributed by atoms with Gasteiger partial charge in [-0.15, -0.1) is 0 Å². The van der Waals surface area contributed by atoms with Gasteiger partial charge in [-0.25, -0.2) is 8.42 Å². The smallest absolute Gasteiger partial charge is 0.324 e. The molecule has 8 heteroatoms. The van der Waals surface area contributed by atoms with Gasteiger partial charge in [-0.3, -0.25) is 9.59 Å². The second-order valence-electron chi connectivity index (χ2n) is 8.00. The van der Waals surface area contributed by atoms with Crippen LogP contribution in [0.15, 0.2) is 29.2 Å². The molecule has 0 bridgehead atoms. The molecule has 0 aromatic heterocycles. The zero-order valence-corrected chi connectivity index (χ0v) is 17.7. The Labute approximate surface area is 172 Å². The van der Waals surface area contributed by atoms with Gasteiger partial charge >= 0.3 is 5.97 Å². The number of aryl methyl sites for hydroxylation is 1. The maximum atomic E-state index is 12.9. The summed E-state index contributed by atoms with van der Waals surface area (Å²) in [6.07, 6.45) is 6.87. The highest BCUT2D eigenvalue weighted by Crippen LogP contribution is 2.27. The Morgan fingerprint density at radius 1 is 1.07 bits per heavy atom. The number of hydrogen-bond acceptors (Lipinski definition) is 5. The van der Waals surface area contributed by atoms with E-state index in [-0.39, 0.29) is 24.0 Å². The Balaban J connectivity index is 1.52. The van der Waals surface area contributed by atoms with Crippen molar-refractivity contribution >= 4 is 21.9 Å². The van der Waals surface area contributed by atoms with Crippen molar-refractivity contribution in [2.24, 2.45) is 5.92 Å². The molecule has 29 heavy (non-hydrogen) atoms. The van der Waals surface area contributed by atoms with Crippen LogP contribution in [0.1, 0.15) is 50.5 Å². The molecular formula is C21H30N2O5S. The highest BCUT2D eigenvalue weighted by molar-refractivity contribution is 7.89. The fraction of sp³-hybridized carbons (Fsp3) is 0.619. The minimum Gasteiger partial charge on any atom is -0.454 e. The summed E-state index contributed by atoms with van der Waals surface area (Å²) in [5, 5.41) is 2.82. The third-order valence-corrected chi connectivity index (χ3v) is 7.68. The first kappa shape index (κ1) is 21.8. The van der Waals surface area contributed by atoms with Crippen molar-refractivity contribution in [3.05, 3.63) is 29.8 Å². The lowest BCUT2D eigenvalue weighted by Gasteiger charge is -2.23. The summed E-state index contributed by atoms with van der Waals surface area (Å²) < 4.78 is 32.2. The summed E-state index contributed by atoms with van der Waals surface area (Å²) in [7, 11) is -3.78. The summed E-state index contributed by atoms with van der Waals surface area (Å²) in [5.74, 6) is -0.505. The molecule has 1 aromatic rings. The first-order valence-electron chi connectivity index (χ1n) is 10.4. The summed E-state index contributed by atoms with van der Waals surface area (Å²) in [4.78, 5) is 24.7. The Morgan fingerprint density at radius 3 is 2.45 bits per heavy atom. The molecule has 3 rings (SSSR count). The average molecular weight is 423 g/mol. The molecule has 1 aromatic carbocycles. The van der Waals surface area contributed by atoms with Crippen LogP contribution in [-0.2, 0) is 24.3 Å². The van der Waals surface area contributed by atoms with Gasteiger partial charge in [0, 0.05) is 13.1 Å². The van der Waals surface area contributed by atoms with Crippen molar-refractivity contribution in [2.75, 3.05) is 19.7 Å². The monoisotopic (exact) mass is 422 g/mol. The van der Waals surface area contributed by atoms with E-state index in [0.29, 0.717) is 25.3 Å². The van der Waals surface area contributed by atoms with Crippen LogP contribution >= 0.6 is 0 Å². The Morgan fingerprint density at radius 2 is 1.76 bits per heavy atom. The van der Waals surface area contributed by atoms with Crippen molar-refractivity contribution in [3.8, 4) is 0 Å². The minimum atomic E-state index is -3.78. The predicted molar refractivity (Wildman–Crippen MR) is 109 cm³/mol. The Bertz CT molecular complexity index is 816. The van der Waals surface area contributed by atoms with E-state index < -0.39 is 22.0 Å². The van der Waals surface area contributed by atoms with E-state index in [1.54, 1.807) is 24.3 Å². The molecule has 7 nitrogen and oxygen atoms in total. The fourth-order valence-electron chi connectivity index (χ4n) is 4.04. The lowest BCUT2D eigenvalue weighted by atomic mass is 9.89. The molecule has 1 aliphatic heterocycles. The lowest BCUT2D eigenvalue weighted by molar-refractivity contribution is -0.151. The molecular weight excluding hydrogens is 392 g/mol. The largest absolute Gasteiger partial charge is 0.454 e. The van der Waals surface area contributed by atoms with Gasteiger partial charge in [-0.2, -0.15) is 4.31 Å². The van der Waals surface area contributed by atoms with Gasteiger partial charge in [0.05, 0.1) is 4.90 Å². The molecule has 0 unspecified atom stereocenters. The maximum absolute atomic E-state index is 12.9. The van der Waals surface area contributed by atoms with Crippen LogP contribution in [0.2, 0.25) is 0 Å². The summed E-state index contributed by atoms with van der Waals surface area (Å²) in [5.41, 5.74) is 0.959. The van der Waals surface area contributed by atoms with Gasteiger partial charge in [-0.1, -0.05) is 37.0 Å². The minimum absolute atomic E-state index is 0.160. The zero-order valence-electron chi connectivity index (χ0n) is 16.9. The number of nitrogens with one attached hydrogen (secondary N) is 1. The molecule has 1 aliphatic carbocycles. The molecule has 0 radical (unpaired) electrons. The quantitative estimate of drug-likeness (QED) is 0.681. The number of carbonyl (C=O) groups is 2. The molecule has 1 amide bonds. The first-order chi connectivity index (χ1) is 13.9. The van der Waals surface area contributed by atoms with Gasteiger partial charge in [0.2, 0.25) is 10.0 Å². The number of sulfonamides is 1. The maximum Gasteiger partial charge on any atom is 0.324 e. The molecule has 2 fully saturated rings. The van der Waals surface area contributed by atoms with Gasteiger partial charge in [0.25, 0.3) is 5.91 Å². The van der Waals surface area contributed by atoms with E-state index >= 15 is 0 Å². The summed E-state index contributed by atoms with van der Waals surface area (Å²) >= 11 is 0. The molecule has 2 aliphatic rings. The lowest BCUT2D eigenvalue weighted by Crippen LogP contribution is -2.42. The van der Waals surface area contributed by atoms with Crippen LogP contribution < -0.4 is 5.32 Å². The van der Waals surface area contributed by atoms with Gasteiger partial charge in [0.15, 0.2) is 6.61 Å². The van der Waals surface area contributed by atoms with Crippen LogP contribution in [-0.4, -0.2) is 50.3 Å². The van der Waals surface area contributed by atoms with Gasteiger partial charge in [0.1, 0.15) is 6.04 Å². The standard InChI is InChI=1S/C21H30N2O5S/c1-16-9-11-18(12-10-16)29(26,27)23-13-5-8-19(23)21(25)28-15-20(24)22-14-17-6-3-2-4-7-17/h9-12,17,19H,2-8,13-15H2,1H3,(H,22,24)/t19-/m0/s1. The van der Waals surface area contributed by atoms with E-state index in [0.717, 1.165) is 18.4 Å². The van der Waals surface area contributed by atoms with Gasteiger partial charge in [-0.05, 0) is 50.7 Å². The number of esters is 1. The van der Waals surface area contributed by atoms with Gasteiger partial charge < -0.3 is 10.1 Å². The number of hydrogen-bond donors (Lipinski definition) is 1. The van der Waals surface area contributed by atoms with Crippen LogP contribution in [0.3, 0.4) is 0 Å². The highest BCUT2D eigenvalue weighted by Gasteiger charge is 2.40. The number of rotatable bonds is 7. The number of nitrogens with zero attached hydrogens (tertiary/aromatic N) is 1. The average Bonchev–Trinajstić information content (AvgIpc) is 3.22.